The summed E-state index contributed by atoms with van der Waals surface area (Å²) >= 11 is 5.52. The van der Waals surface area contributed by atoms with Crippen LogP contribution in [0.3, 0.4) is 0 Å². The van der Waals surface area contributed by atoms with Crippen LogP contribution < -0.4 is 5.32 Å². The van der Waals surface area contributed by atoms with E-state index in [1.54, 1.807) is 6.07 Å². The van der Waals surface area contributed by atoms with Crippen LogP contribution >= 0.6 is 24.0 Å². The molecule has 1 amide bonds. The average Bonchev–Trinajstić information content (AvgIpc) is 2.64. The highest BCUT2D eigenvalue weighted by Gasteiger charge is 2.12. The lowest BCUT2D eigenvalue weighted by atomic mass is 10.2. The van der Waals surface area contributed by atoms with Crippen LogP contribution in [0.1, 0.15) is 29.4 Å². The van der Waals surface area contributed by atoms with Gasteiger partial charge >= 0.3 is 0 Å². The van der Waals surface area contributed by atoms with E-state index >= 15 is 0 Å². The van der Waals surface area contributed by atoms with Gasteiger partial charge < -0.3 is 5.32 Å². The zero-order chi connectivity index (χ0) is 11.3. The summed E-state index contributed by atoms with van der Waals surface area (Å²) in [6, 6.07) is 1.57. The molecule has 0 aliphatic heterocycles. The number of rotatable bonds is 4. The van der Waals surface area contributed by atoms with Gasteiger partial charge in [0.1, 0.15) is 0 Å². The Labute approximate surface area is 99.5 Å². The van der Waals surface area contributed by atoms with Crippen molar-refractivity contribution in [2.24, 2.45) is 0 Å². The molecular formula is C11H13NOS2. The summed E-state index contributed by atoms with van der Waals surface area (Å²) in [6.07, 6.45) is 7.08. The number of thiol groups is 1. The van der Waals surface area contributed by atoms with E-state index in [1.165, 1.54) is 11.3 Å². The van der Waals surface area contributed by atoms with Gasteiger partial charge in [0.25, 0.3) is 5.91 Å². The van der Waals surface area contributed by atoms with E-state index in [4.69, 9.17) is 6.42 Å². The number of hydrogen-bond donors (Lipinski definition) is 2. The Balaban J connectivity index is 2.59. The first-order valence-electron chi connectivity index (χ1n) is 4.71. The van der Waals surface area contributed by atoms with Crippen LogP contribution in [-0.2, 0) is 0 Å². The van der Waals surface area contributed by atoms with Crippen LogP contribution in [-0.4, -0.2) is 11.9 Å². The van der Waals surface area contributed by atoms with Crippen molar-refractivity contribution >= 4 is 29.9 Å². The van der Waals surface area contributed by atoms with Gasteiger partial charge in [-0.2, -0.15) is 0 Å². The molecule has 0 saturated heterocycles. The van der Waals surface area contributed by atoms with Crippen LogP contribution in [0.2, 0.25) is 0 Å². The number of terminal acetylenes is 1. The van der Waals surface area contributed by atoms with Crippen LogP contribution in [0.4, 0.5) is 0 Å². The van der Waals surface area contributed by atoms with Gasteiger partial charge in [-0.25, -0.2) is 0 Å². The Hall–Kier alpha value is -0.920. The Morgan fingerprint density at radius 2 is 2.53 bits per heavy atom. The normalized spacial score (nSPS) is 11.8. The third-order valence-electron chi connectivity index (χ3n) is 1.89. The summed E-state index contributed by atoms with van der Waals surface area (Å²) in [5.74, 6) is 2.45. The van der Waals surface area contributed by atoms with Gasteiger partial charge in [-0.1, -0.05) is 19.3 Å². The zero-order valence-corrected chi connectivity index (χ0v) is 10.2. The van der Waals surface area contributed by atoms with Crippen LogP contribution in [0.25, 0.3) is 0 Å². The summed E-state index contributed by atoms with van der Waals surface area (Å²) < 4.78 is 0. The standard InChI is InChI=1S/C11H13NOS2/c1-3-5-8(4-2)12-11(13)10-6-9(14)7-15-10/h2,6-8,14H,3,5H2,1H3,(H,12,13). The molecule has 1 rings (SSSR count). The van der Waals surface area contributed by atoms with Crippen molar-refractivity contribution in [3.05, 3.63) is 16.3 Å². The molecule has 0 spiro atoms. The summed E-state index contributed by atoms with van der Waals surface area (Å²) in [7, 11) is 0. The molecule has 1 unspecified atom stereocenters. The predicted octanol–water partition coefficient (Wildman–Crippen LogP) is 2.57. The van der Waals surface area contributed by atoms with Crippen LogP contribution in [0, 0.1) is 12.3 Å². The van der Waals surface area contributed by atoms with Crippen molar-refractivity contribution in [1.82, 2.24) is 5.32 Å². The highest BCUT2D eigenvalue weighted by atomic mass is 32.1. The first kappa shape index (κ1) is 12.2. The van der Waals surface area contributed by atoms with Crippen molar-refractivity contribution in [3.63, 3.8) is 0 Å². The monoisotopic (exact) mass is 239 g/mol. The maximum Gasteiger partial charge on any atom is 0.262 e. The lowest BCUT2D eigenvalue weighted by molar-refractivity contribution is 0.0948. The molecule has 0 bridgehead atoms. The Morgan fingerprint density at radius 3 is 3.00 bits per heavy atom. The molecule has 0 radical (unpaired) electrons. The van der Waals surface area contributed by atoms with Gasteiger partial charge in [0, 0.05) is 10.3 Å². The lowest BCUT2D eigenvalue weighted by Crippen LogP contribution is -2.33. The van der Waals surface area contributed by atoms with E-state index in [2.05, 4.69) is 23.9 Å². The molecule has 0 saturated carbocycles. The van der Waals surface area contributed by atoms with Gasteiger partial charge in [-0.15, -0.1) is 30.4 Å². The first-order chi connectivity index (χ1) is 7.17. The van der Waals surface area contributed by atoms with Crippen LogP contribution in [0.5, 0.6) is 0 Å². The predicted molar refractivity (Wildman–Crippen MR) is 66.6 cm³/mol. The number of amides is 1. The number of hydrogen-bond acceptors (Lipinski definition) is 3. The lowest BCUT2D eigenvalue weighted by Gasteiger charge is -2.10. The molecule has 80 valence electrons. The second-order valence-corrected chi connectivity index (χ2v) is 4.58. The molecular weight excluding hydrogens is 226 g/mol. The molecule has 2 nitrogen and oxygen atoms in total. The molecule has 1 N–H and O–H groups in total. The minimum absolute atomic E-state index is 0.114. The summed E-state index contributed by atoms with van der Waals surface area (Å²) in [6.45, 7) is 2.04. The van der Waals surface area contributed by atoms with Crippen molar-refractivity contribution in [2.45, 2.75) is 30.7 Å². The largest absolute Gasteiger partial charge is 0.338 e. The molecule has 15 heavy (non-hydrogen) atoms. The fourth-order valence-electron chi connectivity index (χ4n) is 1.16. The summed E-state index contributed by atoms with van der Waals surface area (Å²) in [4.78, 5) is 13.1. The van der Waals surface area contributed by atoms with E-state index in [1.807, 2.05) is 12.3 Å². The van der Waals surface area contributed by atoms with Gasteiger partial charge in [0.2, 0.25) is 0 Å². The Bertz CT molecular complexity index is 378. The number of nitrogens with one attached hydrogen (secondary N) is 1. The van der Waals surface area contributed by atoms with E-state index in [-0.39, 0.29) is 11.9 Å². The van der Waals surface area contributed by atoms with E-state index in [0.29, 0.717) is 4.88 Å². The quantitative estimate of drug-likeness (QED) is 0.613. The first-order valence-corrected chi connectivity index (χ1v) is 6.04. The maximum absolute atomic E-state index is 11.7. The minimum Gasteiger partial charge on any atom is -0.338 e. The number of thiophene rings is 1. The molecule has 1 atom stereocenters. The number of carbonyl (C=O) groups is 1. The van der Waals surface area contributed by atoms with E-state index in [9.17, 15) is 4.79 Å². The molecule has 0 aliphatic carbocycles. The van der Waals surface area contributed by atoms with Crippen molar-refractivity contribution in [3.8, 4) is 12.3 Å². The van der Waals surface area contributed by atoms with Gasteiger partial charge in [-0.05, 0) is 12.5 Å². The fraction of sp³-hybridized carbons (Fsp3) is 0.364. The van der Waals surface area contributed by atoms with Crippen LogP contribution in [0.15, 0.2) is 16.3 Å². The topological polar surface area (TPSA) is 29.1 Å². The SMILES string of the molecule is C#CC(CCC)NC(=O)c1cc(S)cs1. The van der Waals surface area contributed by atoms with Crippen molar-refractivity contribution < 1.29 is 4.79 Å². The average molecular weight is 239 g/mol. The Kier molecular flexibility index (Phi) is 4.73. The van der Waals surface area contributed by atoms with Crippen molar-refractivity contribution in [1.29, 1.82) is 0 Å². The molecule has 1 aromatic rings. The highest BCUT2D eigenvalue weighted by molar-refractivity contribution is 7.80. The molecule has 1 heterocycles. The zero-order valence-electron chi connectivity index (χ0n) is 8.49. The second-order valence-electron chi connectivity index (χ2n) is 3.15. The third kappa shape index (κ3) is 3.61. The number of carbonyl (C=O) groups excluding carboxylic acids is 1. The van der Waals surface area contributed by atoms with E-state index in [0.717, 1.165) is 17.7 Å². The molecule has 4 heteroatoms. The summed E-state index contributed by atoms with van der Waals surface area (Å²) in [5.41, 5.74) is 0. The molecule has 0 fully saturated rings. The Morgan fingerprint density at radius 1 is 1.80 bits per heavy atom. The second kappa shape index (κ2) is 5.84. The van der Waals surface area contributed by atoms with E-state index < -0.39 is 0 Å². The third-order valence-corrected chi connectivity index (χ3v) is 3.26. The van der Waals surface area contributed by atoms with Gasteiger partial charge in [0.15, 0.2) is 0 Å². The minimum atomic E-state index is -0.173. The molecule has 0 aromatic carbocycles. The maximum atomic E-state index is 11.7. The smallest absolute Gasteiger partial charge is 0.262 e. The van der Waals surface area contributed by atoms with Gasteiger partial charge in [0.05, 0.1) is 10.9 Å². The van der Waals surface area contributed by atoms with Crippen molar-refractivity contribution in [2.75, 3.05) is 0 Å². The highest BCUT2D eigenvalue weighted by Crippen LogP contribution is 2.17. The summed E-state index contributed by atoms with van der Waals surface area (Å²) in [5, 5.41) is 4.62. The van der Waals surface area contributed by atoms with Gasteiger partial charge in [-0.3, -0.25) is 4.79 Å². The fourth-order valence-corrected chi connectivity index (χ4v) is 2.21. The molecule has 1 aromatic heterocycles. The molecule has 0 aliphatic rings.